The summed E-state index contributed by atoms with van der Waals surface area (Å²) in [5, 5.41) is 7.52. The van der Waals surface area contributed by atoms with E-state index in [9.17, 15) is 0 Å². The Bertz CT molecular complexity index is 350. The van der Waals surface area contributed by atoms with Crippen molar-refractivity contribution in [3.05, 3.63) is 22.2 Å². The molecule has 13 heavy (non-hydrogen) atoms. The third-order valence-electron chi connectivity index (χ3n) is 1.69. The van der Waals surface area contributed by atoms with Crippen LogP contribution in [0.1, 0.15) is 12.5 Å². The number of methoxy groups -OCH3 is 1. The van der Waals surface area contributed by atoms with Crippen LogP contribution in [0.4, 0.5) is 5.69 Å². The summed E-state index contributed by atoms with van der Waals surface area (Å²) >= 11 is 3.31. The van der Waals surface area contributed by atoms with E-state index in [-0.39, 0.29) is 0 Å². The van der Waals surface area contributed by atoms with Gasteiger partial charge in [0.25, 0.3) is 0 Å². The molecule has 1 aromatic rings. The molecule has 3 N–H and O–H groups in total. The zero-order chi connectivity index (χ0) is 10.0. The molecule has 0 spiro atoms. The van der Waals surface area contributed by atoms with Gasteiger partial charge in [-0.1, -0.05) is 15.9 Å². The number of ether oxygens (including phenoxy) is 1. The second-order valence-electron chi connectivity index (χ2n) is 2.70. The number of nitrogen functional groups attached to an aromatic ring is 1. The number of anilines is 1. The van der Waals surface area contributed by atoms with Gasteiger partial charge in [-0.3, -0.25) is 0 Å². The van der Waals surface area contributed by atoms with Crippen LogP contribution in [0.2, 0.25) is 0 Å². The molecule has 3 nitrogen and oxygen atoms in total. The summed E-state index contributed by atoms with van der Waals surface area (Å²) < 4.78 is 5.97. The third-order valence-corrected chi connectivity index (χ3v) is 2.15. The van der Waals surface area contributed by atoms with Crippen molar-refractivity contribution in [2.24, 2.45) is 0 Å². The fourth-order valence-corrected chi connectivity index (χ4v) is 1.62. The molecule has 70 valence electrons. The van der Waals surface area contributed by atoms with E-state index in [1.54, 1.807) is 26.2 Å². The Labute approximate surface area is 85.5 Å². The van der Waals surface area contributed by atoms with Crippen molar-refractivity contribution < 1.29 is 4.74 Å². The highest BCUT2D eigenvalue weighted by Gasteiger charge is 2.10. The lowest BCUT2D eigenvalue weighted by Gasteiger charge is -2.10. The largest absolute Gasteiger partial charge is 0.496 e. The minimum atomic E-state index is 0.404. The molecule has 0 aromatic heterocycles. The highest BCUT2D eigenvalue weighted by atomic mass is 79.9. The van der Waals surface area contributed by atoms with Crippen LogP contribution in [0.3, 0.4) is 0 Å². The number of benzene rings is 1. The van der Waals surface area contributed by atoms with E-state index in [2.05, 4.69) is 15.9 Å². The van der Waals surface area contributed by atoms with Crippen molar-refractivity contribution in [2.45, 2.75) is 6.92 Å². The fraction of sp³-hybridized carbons (Fsp3) is 0.222. The molecule has 0 saturated heterocycles. The van der Waals surface area contributed by atoms with E-state index >= 15 is 0 Å². The van der Waals surface area contributed by atoms with E-state index in [0.717, 1.165) is 4.47 Å². The monoisotopic (exact) mass is 242 g/mol. The molecule has 0 bridgehead atoms. The van der Waals surface area contributed by atoms with Gasteiger partial charge in [0.05, 0.1) is 12.7 Å². The van der Waals surface area contributed by atoms with Gasteiger partial charge in [-0.05, 0) is 19.1 Å². The average Bonchev–Trinajstić information content (AvgIpc) is 2.01. The predicted octanol–water partition coefficient (Wildman–Crippen LogP) is 2.43. The Morgan fingerprint density at radius 2 is 2.15 bits per heavy atom. The van der Waals surface area contributed by atoms with Crippen molar-refractivity contribution >= 4 is 27.3 Å². The third kappa shape index (κ3) is 2.01. The standard InChI is InChI=1S/C9H11BrN2O/c1-5(11)9-7(12)3-6(10)4-8(9)13-2/h3-4,11H,12H2,1-2H3. The molecular formula is C9H11BrN2O. The summed E-state index contributed by atoms with van der Waals surface area (Å²) in [5.41, 5.74) is 7.36. The number of hydrogen-bond acceptors (Lipinski definition) is 3. The highest BCUT2D eigenvalue weighted by Crippen LogP contribution is 2.29. The zero-order valence-electron chi connectivity index (χ0n) is 7.52. The lowest BCUT2D eigenvalue weighted by Crippen LogP contribution is -2.03. The molecule has 1 rings (SSSR count). The van der Waals surface area contributed by atoms with Crippen LogP contribution in [0.15, 0.2) is 16.6 Å². The summed E-state index contributed by atoms with van der Waals surface area (Å²) in [6, 6.07) is 3.56. The van der Waals surface area contributed by atoms with E-state index in [1.807, 2.05) is 0 Å². The van der Waals surface area contributed by atoms with Crippen molar-refractivity contribution in [3.63, 3.8) is 0 Å². The summed E-state index contributed by atoms with van der Waals surface area (Å²) in [7, 11) is 1.56. The maximum Gasteiger partial charge on any atom is 0.131 e. The van der Waals surface area contributed by atoms with Crippen LogP contribution in [0, 0.1) is 5.41 Å². The summed E-state index contributed by atoms with van der Waals surface area (Å²) in [6.07, 6.45) is 0. The quantitative estimate of drug-likeness (QED) is 0.619. The predicted molar refractivity (Wildman–Crippen MR) is 57.6 cm³/mol. The first-order valence-electron chi connectivity index (χ1n) is 3.74. The number of nitrogens with one attached hydrogen (secondary N) is 1. The van der Waals surface area contributed by atoms with Crippen molar-refractivity contribution in [2.75, 3.05) is 12.8 Å². The SMILES string of the molecule is COc1cc(Br)cc(N)c1C(C)=N. The Kier molecular flexibility index (Phi) is 2.93. The van der Waals surface area contributed by atoms with Crippen molar-refractivity contribution in [1.82, 2.24) is 0 Å². The lowest BCUT2D eigenvalue weighted by atomic mass is 10.1. The molecule has 0 unspecified atom stereocenters. The van der Waals surface area contributed by atoms with Crippen LogP contribution in [-0.2, 0) is 0 Å². The first-order chi connectivity index (χ1) is 6.06. The molecule has 0 fully saturated rings. The lowest BCUT2D eigenvalue weighted by molar-refractivity contribution is 0.414. The molecule has 0 amide bonds. The minimum Gasteiger partial charge on any atom is -0.496 e. The van der Waals surface area contributed by atoms with Gasteiger partial charge in [0.2, 0.25) is 0 Å². The number of nitrogens with two attached hydrogens (primary N) is 1. The molecular weight excluding hydrogens is 232 g/mol. The first-order valence-corrected chi connectivity index (χ1v) is 4.54. The van der Waals surface area contributed by atoms with Crippen molar-refractivity contribution in [3.8, 4) is 5.75 Å². The van der Waals surface area contributed by atoms with Gasteiger partial charge >= 0.3 is 0 Å². The summed E-state index contributed by atoms with van der Waals surface area (Å²) in [5.74, 6) is 0.624. The van der Waals surface area contributed by atoms with Gasteiger partial charge in [0.15, 0.2) is 0 Å². The van der Waals surface area contributed by atoms with Crippen LogP contribution in [0.5, 0.6) is 5.75 Å². The molecule has 0 saturated carbocycles. The number of rotatable bonds is 2. The zero-order valence-corrected chi connectivity index (χ0v) is 9.10. The van der Waals surface area contributed by atoms with E-state index in [1.165, 1.54) is 0 Å². The van der Waals surface area contributed by atoms with E-state index < -0.39 is 0 Å². The Morgan fingerprint density at radius 3 is 2.62 bits per heavy atom. The highest BCUT2D eigenvalue weighted by molar-refractivity contribution is 9.10. The molecule has 0 aliphatic carbocycles. The van der Waals surface area contributed by atoms with Gasteiger partial charge in [-0.2, -0.15) is 0 Å². The van der Waals surface area contributed by atoms with Gasteiger partial charge in [-0.25, -0.2) is 0 Å². The average molecular weight is 243 g/mol. The molecule has 0 heterocycles. The Morgan fingerprint density at radius 1 is 1.54 bits per heavy atom. The maximum atomic E-state index is 7.52. The van der Waals surface area contributed by atoms with Gasteiger partial charge in [0.1, 0.15) is 5.75 Å². The molecule has 0 radical (unpaired) electrons. The van der Waals surface area contributed by atoms with Gasteiger partial charge in [0, 0.05) is 15.9 Å². The van der Waals surface area contributed by atoms with Gasteiger partial charge < -0.3 is 15.9 Å². The summed E-state index contributed by atoms with van der Waals surface area (Å²) in [6.45, 7) is 1.68. The van der Waals surface area contributed by atoms with E-state index in [4.69, 9.17) is 15.9 Å². The summed E-state index contributed by atoms with van der Waals surface area (Å²) in [4.78, 5) is 0. The number of halogens is 1. The molecule has 1 aromatic carbocycles. The van der Waals surface area contributed by atoms with E-state index in [0.29, 0.717) is 22.7 Å². The molecule has 0 aliphatic heterocycles. The molecule has 4 heteroatoms. The maximum absolute atomic E-state index is 7.52. The Hall–Kier alpha value is -1.03. The topological polar surface area (TPSA) is 59.1 Å². The second kappa shape index (κ2) is 3.79. The van der Waals surface area contributed by atoms with Crippen LogP contribution >= 0.6 is 15.9 Å². The molecule has 0 aliphatic rings. The van der Waals surface area contributed by atoms with Crippen molar-refractivity contribution in [1.29, 1.82) is 5.41 Å². The Balaban J connectivity index is 3.38. The van der Waals surface area contributed by atoms with Crippen LogP contribution in [0.25, 0.3) is 0 Å². The van der Waals surface area contributed by atoms with Gasteiger partial charge in [-0.15, -0.1) is 0 Å². The smallest absolute Gasteiger partial charge is 0.131 e. The minimum absolute atomic E-state index is 0.404. The fourth-order valence-electron chi connectivity index (χ4n) is 1.16. The van der Waals surface area contributed by atoms with Crippen LogP contribution < -0.4 is 10.5 Å². The molecule has 0 atom stereocenters. The van der Waals surface area contributed by atoms with Crippen LogP contribution in [-0.4, -0.2) is 12.8 Å². The normalized spacial score (nSPS) is 9.77. The second-order valence-corrected chi connectivity index (χ2v) is 3.61. The first kappa shape index (κ1) is 10.1. The number of hydrogen-bond donors (Lipinski definition) is 2.